The molecule has 25 heavy (non-hydrogen) atoms. The average Bonchev–Trinajstić information content (AvgIpc) is 2.86. The molecule has 1 aliphatic heterocycles. The van der Waals surface area contributed by atoms with Crippen LogP contribution in [0.1, 0.15) is 43.0 Å². The molecule has 1 heterocycles. The normalized spacial score (nSPS) is 22.4. The van der Waals surface area contributed by atoms with Crippen LogP contribution < -0.4 is 0 Å². The molecular weight excluding hydrogens is 331 g/mol. The highest BCUT2D eigenvalue weighted by molar-refractivity contribution is 5.71. The molecule has 1 N–H and O–H groups in total. The third kappa shape index (κ3) is 4.35. The summed E-state index contributed by atoms with van der Waals surface area (Å²) in [6, 6.07) is 4.16. The van der Waals surface area contributed by atoms with Crippen LogP contribution in [0.25, 0.3) is 0 Å². The Balaban J connectivity index is 2.25. The van der Waals surface area contributed by atoms with Gasteiger partial charge in [-0.3, -0.25) is 9.69 Å². The van der Waals surface area contributed by atoms with E-state index in [-0.39, 0.29) is 18.5 Å². The van der Waals surface area contributed by atoms with E-state index in [0.717, 1.165) is 16.7 Å². The Labute approximate surface area is 146 Å². The van der Waals surface area contributed by atoms with Crippen LogP contribution in [0.3, 0.4) is 0 Å². The summed E-state index contributed by atoms with van der Waals surface area (Å²) in [6.45, 7) is 10.3. The smallest absolute Gasteiger partial charge is 0.393 e. The zero-order chi connectivity index (χ0) is 19.2. The van der Waals surface area contributed by atoms with Crippen molar-refractivity contribution in [2.24, 2.45) is 11.8 Å². The van der Waals surface area contributed by atoms with Crippen molar-refractivity contribution in [2.75, 3.05) is 13.1 Å². The third-order valence-electron chi connectivity index (χ3n) is 5.08. The van der Waals surface area contributed by atoms with Gasteiger partial charge in [0.05, 0.1) is 11.8 Å². The van der Waals surface area contributed by atoms with Crippen molar-refractivity contribution >= 4 is 5.97 Å². The zero-order valence-electron chi connectivity index (χ0n) is 15.4. The molecule has 2 rings (SSSR count). The molecule has 0 aromatic heterocycles. The summed E-state index contributed by atoms with van der Waals surface area (Å²) >= 11 is 0. The summed E-state index contributed by atoms with van der Waals surface area (Å²) in [5.74, 6) is -4.57. The van der Waals surface area contributed by atoms with Gasteiger partial charge in [-0.05, 0) is 41.5 Å². The molecular formula is C19H26F3NO2. The van der Waals surface area contributed by atoms with Crippen molar-refractivity contribution in [3.8, 4) is 0 Å². The highest BCUT2D eigenvalue weighted by Crippen LogP contribution is 2.38. The van der Waals surface area contributed by atoms with Crippen LogP contribution in [0.2, 0.25) is 0 Å². The number of carboxylic acid groups (broad SMARTS) is 1. The minimum absolute atomic E-state index is 0.00250. The van der Waals surface area contributed by atoms with Gasteiger partial charge in [0.1, 0.15) is 0 Å². The van der Waals surface area contributed by atoms with E-state index in [1.165, 1.54) is 5.56 Å². The average molecular weight is 357 g/mol. The van der Waals surface area contributed by atoms with Crippen molar-refractivity contribution in [3.05, 3.63) is 34.4 Å². The predicted molar refractivity (Wildman–Crippen MR) is 90.6 cm³/mol. The van der Waals surface area contributed by atoms with E-state index in [9.17, 15) is 18.0 Å². The van der Waals surface area contributed by atoms with Crippen molar-refractivity contribution in [1.82, 2.24) is 4.90 Å². The molecule has 0 radical (unpaired) electrons. The Hall–Kier alpha value is -1.56. The van der Waals surface area contributed by atoms with Crippen LogP contribution in [0.15, 0.2) is 12.1 Å². The number of nitrogens with zero attached hydrogens (tertiary/aromatic N) is 1. The lowest BCUT2D eigenvalue weighted by Crippen LogP contribution is -2.33. The summed E-state index contributed by atoms with van der Waals surface area (Å²) in [5.41, 5.74) is 4.24. The van der Waals surface area contributed by atoms with Crippen LogP contribution in [-0.2, 0) is 16.8 Å². The minimum Gasteiger partial charge on any atom is -0.481 e. The molecule has 2 atom stereocenters. The molecule has 3 nitrogen and oxygen atoms in total. The van der Waals surface area contributed by atoms with E-state index >= 15 is 0 Å². The minimum atomic E-state index is -4.49. The number of rotatable bonds is 3. The number of hydrogen-bond donors (Lipinski definition) is 1. The lowest BCUT2D eigenvalue weighted by Gasteiger charge is -2.24. The number of halogens is 3. The summed E-state index contributed by atoms with van der Waals surface area (Å²) in [7, 11) is 0. The summed E-state index contributed by atoms with van der Waals surface area (Å²) in [6.07, 6.45) is -4.49. The molecule has 1 aliphatic rings. The molecule has 0 saturated carbocycles. The van der Waals surface area contributed by atoms with E-state index in [0.29, 0.717) is 6.54 Å². The van der Waals surface area contributed by atoms with E-state index < -0.39 is 24.0 Å². The maximum absolute atomic E-state index is 13.1. The number of aliphatic carboxylic acids is 1. The summed E-state index contributed by atoms with van der Waals surface area (Å²) in [4.78, 5) is 12.8. The maximum Gasteiger partial charge on any atom is 0.393 e. The first-order chi connectivity index (χ1) is 11.3. The van der Waals surface area contributed by atoms with Gasteiger partial charge < -0.3 is 5.11 Å². The number of alkyl halides is 3. The molecule has 0 spiro atoms. The lowest BCUT2D eigenvalue weighted by atomic mass is 9.84. The first-order valence-electron chi connectivity index (χ1n) is 8.43. The van der Waals surface area contributed by atoms with Crippen LogP contribution in [0, 0.1) is 25.7 Å². The van der Waals surface area contributed by atoms with E-state index in [4.69, 9.17) is 5.11 Å². The molecule has 6 heteroatoms. The van der Waals surface area contributed by atoms with Gasteiger partial charge in [0.2, 0.25) is 0 Å². The van der Waals surface area contributed by atoms with Crippen molar-refractivity contribution < 1.29 is 23.1 Å². The lowest BCUT2D eigenvalue weighted by molar-refractivity contribution is -0.188. The number of carbonyl (C=O) groups is 1. The largest absolute Gasteiger partial charge is 0.481 e. The van der Waals surface area contributed by atoms with Crippen LogP contribution in [0.4, 0.5) is 13.2 Å². The van der Waals surface area contributed by atoms with Gasteiger partial charge in [-0.1, -0.05) is 32.9 Å². The highest BCUT2D eigenvalue weighted by Gasteiger charge is 2.52. The fourth-order valence-corrected chi connectivity index (χ4v) is 3.50. The second-order valence-electron chi connectivity index (χ2n) is 8.13. The first-order valence-corrected chi connectivity index (χ1v) is 8.43. The summed E-state index contributed by atoms with van der Waals surface area (Å²) in [5, 5.41) is 9.14. The first kappa shape index (κ1) is 19.8. The van der Waals surface area contributed by atoms with Gasteiger partial charge in [-0.25, -0.2) is 0 Å². The van der Waals surface area contributed by atoms with Gasteiger partial charge in [-0.2, -0.15) is 13.2 Å². The quantitative estimate of drug-likeness (QED) is 0.877. The summed E-state index contributed by atoms with van der Waals surface area (Å²) < 4.78 is 39.4. The highest BCUT2D eigenvalue weighted by atomic mass is 19.4. The SMILES string of the molecule is Cc1cc(C(C)(C)C)cc(C)c1CN1C[C@@H](C(F)(F)F)[C@H](C(=O)O)C1. The Bertz CT molecular complexity index is 639. The molecule has 140 valence electrons. The predicted octanol–water partition coefficient (Wildman–Crippen LogP) is 4.30. The Morgan fingerprint density at radius 2 is 1.68 bits per heavy atom. The molecule has 0 bridgehead atoms. The van der Waals surface area contributed by atoms with Gasteiger partial charge in [0, 0.05) is 19.6 Å². The number of likely N-dealkylation sites (tertiary alicyclic amines) is 1. The van der Waals surface area contributed by atoms with Crippen LogP contribution in [0.5, 0.6) is 0 Å². The van der Waals surface area contributed by atoms with Crippen molar-refractivity contribution in [1.29, 1.82) is 0 Å². The zero-order valence-corrected chi connectivity index (χ0v) is 15.4. The fraction of sp³-hybridized carbons (Fsp3) is 0.632. The standard InChI is InChI=1S/C19H26F3NO2/c1-11-6-13(18(3,4)5)7-12(2)14(11)8-23-9-15(17(24)25)16(10-23)19(20,21)22/h6-7,15-16H,8-10H2,1-5H3,(H,24,25)/t15-,16-/m1/s1. The molecule has 0 unspecified atom stereocenters. The monoisotopic (exact) mass is 357 g/mol. The molecule has 1 aromatic carbocycles. The fourth-order valence-electron chi connectivity index (χ4n) is 3.50. The van der Waals surface area contributed by atoms with Crippen LogP contribution >= 0.6 is 0 Å². The van der Waals surface area contributed by atoms with E-state index in [2.05, 4.69) is 32.9 Å². The third-order valence-corrected chi connectivity index (χ3v) is 5.08. The van der Waals surface area contributed by atoms with Gasteiger partial charge in [-0.15, -0.1) is 0 Å². The van der Waals surface area contributed by atoms with Gasteiger partial charge >= 0.3 is 12.1 Å². The Kier molecular flexibility index (Phi) is 5.24. The van der Waals surface area contributed by atoms with Gasteiger partial charge in [0.15, 0.2) is 0 Å². The molecule has 0 amide bonds. The van der Waals surface area contributed by atoms with Crippen molar-refractivity contribution in [2.45, 2.75) is 52.8 Å². The topological polar surface area (TPSA) is 40.5 Å². The van der Waals surface area contributed by atoms with Crippen molar-refractivity contribution in [3.63, 3.8) is 0 Å². The van der Waals surface area contributed by atoms with E-state index in [1.54, 1.807) is 4.90 Å². The Morgan fingerprint density at radius 1 is 1.16 bits per heavy atom. The van der Waals surface area contributed by atoms with E-state index in [1.807, 2.05) is 13.8 Å². The van der Waals surface area contributed by atoms with Gasteiger partial charge in [0.25, 0.3) is 0 Å². The number of carboxylic acids is 1. The Morgan fingerprint density at radius 3 is 2.04 bits per heavy atom. The number of benzene rings is 1. The molecule has 1 saturated heterocycles. The second-order valence-corrected chi connectivity index (χ2v) is 8.13. The number of hydrogen-bond acceptors (Lipinski definition) is 2. The second kappa shape index (κ2) is 6.63. The number of aryl methyl sites for hydroxylation is 2. The van der Waals surface area contributed by atoms with Crippen LogP contribution in [-0.4, -0.2) is 35.2 Å². The molecule has 1 fully saturated rings. The maximum atomic E-state index is 13.1. The molecule has 0 aliphatic carbocycles. The molecule has 1 aromatic rings.